The van der Waals surface area contributed by atoms with E-state index in [-0.39, 0.29) is 23.0 Å². The van der Waals surface area contributed by atoms with Crippen LogP contribution in [-0.2, 0) is 26.2 Å². The Bertz CT molecular complexity index is 1470. The van der Waals surface area contributed by atoms with Crippen molar-refractivity contribution in [3.05, 3.63) is 87.4 Å². The highest BCUT2D eigenvalue weighted by Crippen LogP contribution is 2.28. The highest BCUT2D eigenvalue weighted by Gasteiger charge is 2.33. The molecule has 226 valence electrons. The number of unbranched alkanes of at least 4 members (excludes halogenated alkanes) is 1. The van der Waals surface area contributed by atoms with Crippen LogP contribution in [-0.4, -0.2) is 51.4 Å². The third-order valence-electron chi connectivity index (χ3n) is 6.59. The highest BCUT2D eigenvalue weighted by molar-refractivity contribution is 7.92. The molecule has 0 aliphatic heterocycles. The van der Waals surface area contributed by atoms with Crippen LogP contribution in [0.2, 0.25) is 15.1 Å². The van der Waals surface area contributed by atoms with Crippen LogP contribution in [0.1, 0.15) is 38.7 Å². The normalized spacial score (nSPS) is 12.0. The largest absolute Gasteiger partial charge is 0.497 e. The van der Waals surface area contributed by atoms with E-state index in [1.54, 1.807) is 37.3 Å². The van der Waals surface area contributed by atoms with Crippen molar-refractivity contribution < 1.29 is 22.7 Å². The molecule has 8 nitrogen and oxygen atoms in total. The zero-order valence-corrected chi connectivity index (χ0v) is 26.7. The number of rotatable bonds is 14. The van der Waals surface area contributed by atoms with Crippen molar-refractivity contribution >= 4 is 62.3 Å². The number of sulfonamides is 1. The molecule has 0 spiro atoms. The molecule has 0 aliphatic rings. The Morgan fingerprint density at radius 1 is 0.929 bits per heavy atom. The van der Waals surface area contributed by atoms with Gasteiger partial charge in [-0.3, -0.25) is 13.9 Å². The summed E-state index contributed by atoms with van der Waals surface area (Å²) in [6.07, 6.45) is 1.98. The zero-order valence-electron chi connectivity index (χ0n) is 23.6. The zero-order chi connectivity index (χ0) is 30.9. The average Bonchev–Trinajstić information content (AvgIpc) is 2.98. The van der Waals surface area contributed by atoms with Gasteiger partial charge < -0.3 is 15.0 Å². The van der Waals surface area contributed by atoms with Gasteiger partial charge in [-0.2, -0.15) is 0 Å². The number of anilines is 1. The molecule has 3 rings (SSSR count). The summed E-state index contributed by atoms with van der Waals surface area (Å²) in [5.74, 6) is -0.420. The molecule has 1 atom stereocenters. The van der Waals surface area contributed by atoms with Crippen LogP contribution in [0, 0.1) is 0 Å². The fraction of sp³-hybridized carbons (Fsp3) is 0.333. The number of carbonyl (C=O) groups excluding carboxylic acids is 2. The smallest absolute Gasteiger partial charge is 0.264 e. The molecule has 0 aliphatic carbocycles. The molecular formula is C30H34Cl3N3O5S. The van der Waals surface area contributed by atoms with Gasteiger partial charge in [0.1, 0.15) is 18.3 Å². The lowest BCUT2D eigenvalue weighted by Crippen LogP contribution is -2.52. The molecule has 0 aromatic heterocycles. The second-order valence-corrected chi connectivity index (χ2v) is 12.6. The van der Waals surface area contributed by atoms with Gasteiger partial charge in [0.05, 0.1) is 27.7 Å². The number of hydrogen-bond donors (Lipinski definition) is 1. The number of nitrogens with zero attached hydrogens (tertiary/aromatic N) is 2. The van der Waals surface area contributed by atoms with E-state index in [1.165, 1.54) is 48.4 Å². The minimum atomic E-state index is -4.23. The first-order chi connectivity index (χ1) is 20.0. The van der Waals surface area contributed by atoms with Gasteiger partial charge in [0.25, 0.3) is 10.0 Å². The first kappa shape index (κ1) is 33.5. The lowest BCUT2D eigenvalue weighted by atomic mass is 10.1. The summed E-state index contributed by atoms with van der Waals surface area (Å²) < 4.78 is 34.0. The van der Waals surface area contributed by atoms with Crippen LogP contribution in [0.25, 0.3) is 0 Å². The Hall–Kier alpha value is -2.98. The molecule has 3 aromatic rings. The summed E-state index contributed by atoms with van der Waals surface area (Å²) in [7, 11) is -2.75. The number of benzene rings is 3. The summed E-state index contributed by atoms with van der Waals surface area (Å²) >= 11 is 18.4. The molecule has 0 saturated carbocycles. The standard InChI is InChI=1S/C30H34Cl3N3O5S/c1-4-6-17-34-30(38)28(5-2)35(19-21-7-16-26(32)27(33)18-21)29(37)20-36(23-10-8-22(31)9-11-23)42(39,40)25-14-12-24(41-3)13-15-25/h7-16,18,28H,4-6,17,19-20H2,1-3H3,(H,34,38). The quantitative estimate of drug-likeness (QED) is 0.198. The van der Waals surface area contributed by atoms with Crippen LogP contribution in [0.4, 0.5) is 5.69 Å². The molecule has 42 heavy (non-hydrogen) atoms. The predicted octanol–water partition coefficient (Wildman–Crippen LogP) is 6.57. The van der Waals surface area contributed by atoms with Crippen molar-refractivity contribution in [2.45, 2.75) is 50.6 Å². The van der Waals surface area contributed by atoms with Crippen molar-refractivity contribution in [3.63, 3.8) is 0 Å². The van der Waals surface area contributed by atoms with E-state index in [4.69, 9.17) is 39.5 Å². The van der Waals surface area contributed by atoms with Gasteiger partial charge >= 0.3 is 0 Å². The molecule has 0 heterocycles. The van der Waals surface area contributed by atoms with Crippen LogP contribution < -0.4 is 14.4 Å². The van der Waals surface area contributed by atoms with Gasteiger partial charge in [-0.1, -0.05) is 61.1 Å². The van der Waals surface area contributed by atoms with Crippen LogP contribution in [0.5, 0.6) is 5.75 Å². The van der Waals surface area contributed by atoms with Gasteiger partial charge in [0.15, 0.2) is 0 Å². The predicted molar refractivity (Wildman–Crippen MR) is 168 cm³/mol. The Morgan fingerprint density at radius 2 is 1.60 bits per heavy atom. The summed E-state index contributed by atoms with van der Waals surface area (Å²) in [6, 6.07) is 16.1. The molecule has 0 bridgehead atoms. The van der Waals surface area contributed by atoms with Crippen molar-refractivity contribution in [1.82, 2.24) is 10.2 Å². The number of amides is 2. The van der Waals surface area contributed by atoms with Crippen LogP contribution in [0.15, 0.2) is 71.6 Å². The van der Waals surface area contributed by atoms with E-state index in [0.717, 1.165) is 17.1 Å². The average molecular weight is 655 g/mol. The highest BCUT2D eigenvalue weighted by atomic mass is 35.5. The summed E-state index contributed by atoms with van der Waals surface area (Å²) in [5, 5.41) is 3.95. The first-order valence-corrected chi connectivity index (χ1v) is 16.0. The Labute approximate surface area is 262 Å². The maximum absolute atomic E-state index is 14.1. The summed E-state index contributed by atoms with van der Waals surface area (Å²) in [4.78, 5) is 28.7. The van der Waals surface area contributed by atoms with E-state index >= 15 is 0 Å². The fourth-order valence-electron chi connectivity index (χ4n) is 4.27. The number of halogens is 3. The molecule has 3 aromatic carbocycles. The lowest BCUT2D eigenvalue weighted by molar-refractivity contribution is -0.140. The van der Waals surface area contributed by atoms with Gasteiger partial charge in [0, 0.05) is 18.1 Å². The number of carbonyl (C=O) groups is 2. The Balaban J connectivity index is 2.04. The molecular weight excluding hydrogens is 621 g/mol. The minimum absolute atomic E-state index is 0.00642. The first-order valence-electron chi connectivity index (χ1n) is 13.4. The molecule has 2 amide bonds. The lowest BCUT2D eigenvalue weighted by Gasteiger charge is -2.33. The summed E-state index contributed by atoms with van der Waals surface area (Å²) in [5.41, 5.74) is 0.868. The topological polar surface area (TPSA) is 96.0 Å². The maximum Gasteiger partial charge on any atom is 0.264 e. The van der Waals surface area contributed by atoms with Gasteiger partial charge in [0.2, 0.25) is 11.8 Å². The summed E-state index contributed by atoms with van der Waals surface area (Å²) in [6.45, 7) is 3.70. The van der Waals surface area contributed by atoms with Crippen molar-refractivity contribution in [3.8, 4) is 5.75 Å². The molecule has 0 radical (unpaired) electrons. The molecule has 12 heteroatoms. The number of methoxy groups -OCH3 is 1. The molecule has 0 saturated heterocycles. The Kier molecular flexibility index (Phi) is 12.4. The SMILES string of the molecule is CCCCNC(=O)C(CC)N(Cc1ccc(Cl)c(Cl)c1)C(=O)CN(c1ccc(Cl)cc1)S(=O)(=O)c1ccc(OC)cc1. The van der Waals surface area contributed by atoms with Crippen molar-refractivity contribution in [1.29, 1.82) is 0 Å². The third-order valence-corrected chi connectivity index (χ3v) is 9.37. The van der Waals surface area contributed by atoms with Gasteiger partial charge in [-0.05, 0) is 79.1 Å². The van der Waals surface area contributed by atoms with Crippen molar-refractivity contribution in [2.24, 2.45) is 0 Å². The van der Waals surface area contributed by atoms with E-state index in [0.29, 0.717) is 39.3 Å². The van der Waals surface area contributed by atoms with E-state index in [1.807, 2.05) is 6.92 Å². The fourth-order valence-corrected chi connectivity index (χ4v) is 6.13. The van der Waals surface area contributed by atoms with Crippen LogP contribution in [0.3, 0.4) is 0 Å². The van der Waals surface area contributed by atoms with Crippen LogP contribution >= 0.6 is 34.8 Å². The second-order valence-electron chi connectivity index (χ2n) is 9.50. The molecule has 0 fully saturated rings. The monoisotopic (exact) mass is 653 g/mol. The van der Waals surface area contributed by atoms with Crippen molar-refractivity contribution in [2.75, 3.05) is 24.5 Å². The number of hydrogen-bond acceptors (Lipinski definition) is 5. The molecule has 1 N–H and O–H groups in total. The maximum atomic E-state index is 14.1. The van der Waals surface area contributed by atoms with E-state index < -0.39 is 28.5 Å². The van der Waals surface area contributed by atoms with Gasteiger partial charge in [-0.15, -0.1) is 0 Å². The van der Waals surface area contributed by atoms with Gasteiger partial charge in [-0.25, -0.2) is 8.42 Å². The number of ether oxygens (including phenoxy) is 1. The van der Waals surface area contributed by atoms with E-state index in [2.05, 4.69) is 5.32 Å². The minimum Gasteiger partial charge on any atom is -0.497 e. The Morgan fingerprint density at radius 3 is 2.17 bits per heavy atom. The number of nitrogens with one attached hydrogen (secondary N) is 1. The third kappa shape index (κ3) is 8.53. The molecule has 1 unspecified atom stereocenters. The second kappa shape index (κ2) is 15.5. The van der Waals surface area contributed by atoms with E-state index in [9.17, 15) is 18.0 Å².